The van der Waals surface area contributed by atoms with Crippen molar-refractivity contribution in [2.45, 2.75) is 37.7 Å². The molecule has 2 saturated heterocycles. The maximum absolute atomic E-state index is 12.6. The minimum atomic E-state index is -0.456. The van der Waals surface area contributed by atoms with Gasteiger partial charge in [0.15, 0.2) is 0 Å². The van der Waals surface area contributed by atoms with Crippen molar-refractivity contribution in [2.24, 2.45) is 0 Å². The maximum atomic E-state index is 12.6. The molecule has 3 aliphatic rings. The second-order valence-electron chi connectivity index (χ2n) is 7.72. The first kappa shape index (κ1) is 17.3. The average Bonchev–Trinajstić information content (AvgIpc) is 2.80. The monoisotopic (exact) mass is 357 g/mol. The first-order valence-electron chi connectivity index (χ1n) is 9.72. The summed E-state index contributed by atoms with van der Waals surface area (Å²) in [6.07, 6.45) is 5.30. The summed E-state index contributed by atoms with van der Waals surface area (Å²) in [4.78, 5) is 29.2. The van der Waals surface area contributed by atoms with Gasteiger partial charge in [-0.15, -0.1) is 0 Å². The zero-order chi connectivity index (χ0) is 18.0. The van der Waals surface area contributed by atoms with Gasteiger partial charge < -0.3 is 15.0 Å². The van der Waals surface area contributed by atoms with Gasteiger partial charge in [-0.05, 0) is 50.8 Å². The summed E-state index contributed by atoms with van der Waals surface area (Å²) in [5.41, 5.74) is 0.133. The van der Waals surface area contributed by atoms with Crippen LogP contribution >= 0.6 is 0 Å². The number of nitrogens with zero attached hydrogens (tertiary/aromatic N) is 2. The van der Waals surface area contributed by atoms with E-state index >= 15 is 0 Å². The first-order chi connectivity index (χ1) is 12.7. The molecule has 6 nitrogen and oxygen atoms in total. The van der Waals surface area contributed by atoms with Crippen LogP contribution in [-0.4, -0.2) is 66.5 Å². The van der Waals surface area contributed by atoms with Gasteiger partial charge in [-0.1, -0.05) is 12.1 Å². The summed E-state index contributed by atoms with van der Waals surface area (Å²) in [5.74, 6) is 0.783. The highest BCUT2D eigenvalue weighted by atomic mass is 16.5. The number of hydrogen-bond donors (Lipinski definition) is 1. The molecule has 0 aliphatic carbocycles. The highest BCUT2D eigenvalue weighted by molar-refractivity contribution is 5.97. The first-order valence-corrected chi connectivity index (χ1v) is 9.72. The Balaban J connectivity index is 1.46. The van der Waals surface area contributed by atoms with E-state index in [-0.39, 0.29) is 11.8 Å². The molecule has 0 aromatic heterocycles. The van der Waals surface area contributed by atoms with Crippen molar-refractivity contribution in [2.75, 3.05) is 39.3 Å². The Bertz CT molecular complexity index is 687. The molecule has 0 unspecified atom stereocenters. The highest BCUT2D eigenvalue weighted by Crippen LogP contribution is 2.32. The van der Waals surface area contributed by atoms with E-state index in [0.29, 0.717) is 30.9 Å². The number of carbonyl (C=O) groups excluding carboxylic acids is 2. The molecule has 3 heterocycles. The largest absolute Gasteiger partial charge is 0.483 e. The van der Waals surface area contributed by atoms with Gasteiger partial charge in [0.2, 0.25) is 5.91 Å². The number of benzene rings is 1. The number of amides is 2. The predicted octanol–water partition coefficient (Wildman–Crippen LogP) is 1.66. The number of nitrogens with one attached hydrogen (secondary N) is 1. The number of piperidine rings is 2. The van der Waals surface area contributed by atoms with Crippen LogP contribution in [0, 0.1) is 0 Å². The van der Waals surface area contributed by atoms with Crippen LogP contribution in [0.5, 0.6) is 5.75 Å². The van der Waals surface area contributed by atoms with Gasteiger partial charge in [0.05, 0.1) is 18.7 Å². The summed E-state index contributed by atoms with van der Waals surface area (Å²) in [7, 11) is 0. The number of rotatable bonds is 2. The molecule has 1 aromatic rings. The number of ether oxygens (including phenoxy) is 1. The van der Waals surface area contributed by atoms with E-state index in [2.05, 4.69) is 10.2 Å². The van der Waals surface area contributed by atoms with Crippen molar-refractivity contribution < 1.29 is 14.3 Å². The maximum Gasteiger partial charge on any atom is 0.255 e. The smallest absolute Gasteiger partial charge is 0.255 e. The topological polar surface area (TPSA) is 61.9 Å². The Kier molecular flexibility index (Phi) is 4.85. The molecular formula is C20H27N3O3. The van der Waals surface area contributed by atoms with Crippen LogP contribution in [0.25, 0.3) is 0 Å². The van der Waals surface area contributed by atoms with Crippen LogP contribution in [0.4, 0.5) is 0 Å². The van der Waals surface area contributed by atoms with Crippen LogP contribution < -0.4 is 10.1 Å². The molecule has 26 heavy (non-hydrogen) atoms. The van der Waals surface area contributed by atoms with Gasteiger partial charge in [0, 0.05) is 19.6 Å². The van der Waals surface area contributed by atoms with Gasteiger partial charge in [-0.3, -0.25) is 14.5 Å². The second-order valence-corrected chi connectivity index (χ2v) is 7.72. The summed E-state index contributed by atoms with van der Waals surface area (Å²) >= 11 is 0. The van der Waals surface area contributed by atoms with E-state index in [1.807, 2.05) is 23.1 Å². The van der Waals surface area contributed by atoms with Crippen LogP contribution in [0.3, 0.4) is 0 Å². The molecule has 0 radical (unpaired) electrons. The highest BCUT2D eigenvalue weighted by Gasteiger charge is 2.41. The van der Waals surface area contributed by atoms with Crippen LogP contribution in [-0.2, 0) is 4.79 Å². The van der Waals surface area contributed by atoms with Crippen molar-refractivity contribution >= 4 is 11.8 Å². The third-order valence-corrected chi connectivity index (χ3v) is 5.72. The number of carbonyl (C=O) groups is 2. The standard InChI is InChI=1S/C20H27N3O3/c24-18(23-11-4-1-5-12-23)13-22-10-6-9-20(15-22)14-21-19(25)16-7-2-3-8-17(16)26-20/h2-3,7-8H,1,4-6,9-15H2,(H,21,25)/t20-/m1/s1. The molecule has 0 bridgehead atoms. The van der Waals surface area contributed by atoms with Crippen molar-refractivity contribution in [1.29, 1.82) is 0 Å². The van der Waals surface area contributed by atoms with Gasteiger partial charge in [0.25, 0.3) is 5.91 Å². The van der Waals surface area contributed by atoms with Crippen molar-refractivity contribution in [3.05, 3.63) is 29.8 Å². The second kappa shape index (κ2) is 7.27. The zero-order valence-corrected chi connectivity index (χ0v) is 15.2. The molecule has 1 N–H and O–H groups in total. The fraction of sp³-hybridized carbons (Fsp3) is 0.600. The molecule has 1 atom stereocenters. The van der Waals surface area contributed by atoms with Gasteiger partial charge in [0.1, 0.15) is 11.4 Å². The molecular weight excluding hydrogens is 330 g/mol. The molecule has 6 heteroatoms. The Morgan fingerprint density at radius 2 is 1.92 bits per heavy atom. The number of fused-ring (bicyclic) bond motifs is 1. The molecule has 140 valence electrons. The molecule has 4 rings (SSSR count). The van der Waals surface area contributed by atoms with Crippen LogP contribution in [0.15, 0.2) is 24.3 Å². The number of likely N-dealkylation sites (tertiary alicyclic amines) is 2. The third kappa shape index (κ3) is 3.56. The SMILES string of the molecule is O=C1NC[C@@]2(CCCN(CC(=O)N3CCCCC3)C2)Oc2ccccc21. The fourth-order valence-corrected chi connectivity index (χ4v) is 4.34. The lowest BCUT2D eigenvalue weighted by molar-refractivity contribution is -0.134. The normalized spacial score (nSPS) is 26.6. The van der Waals surface area contributed by atoms with Crippen LogP contribution in [0.2, 0.25) is 0 Å². The van der Waals surface area contributed by atoms with E-state index in [9.17, 15) is 9.59 Å². The minimum absolute atomic E-state index is 0.0843. The lowest BCUT2D eigenvalue weighted by Gasteiger charge is -2.42. The van der Waals surface area contributed by atoms with E-state index < -0.39 is 5.60 Å². The lowest BCUT2D eigenvalue weighted by atomic mass is 9.92. The minimum Gasteiger partial charge on any atom is -0.483 e. The Hall–Kier alpha value is -2.08. The van der Waals surface area contributed by atoms with Gasteiger partial charge in [-0.25, -0.2) is 0 Å². The zero-order valence-electron chi connectivity index (χ0n) is 15.2. The predicted molar refractivity (Wildman–Crippen MR) is 98.2 cm³/mol. The summed E-state index contributed by atoms with van der Waals surface area (Å²) < 4.78 is 6.36. The van der Waals surface area contributed by atoms with E-state index in [4.69, 9.17) is 4.74 Å². The molecule has 0 saturated carbocycles. The molecule has 1 aromatic carbocycles. The van der Waals surface area contributed by atoms with E-state index in [1.165, 1.54) is 6.42 Å². The number of hydrogen-bond acceptors (Lipinski definition) is 4. The molecule has 2 fully saturated rings. The Morgan fingerprint density at radius 3 is 2.77 bits per heavy atom. The Labute approximate surface area is 154 Å². The summed E-state index contributed by atoms with van der Waals surface area (Å²) in [6, 6.07) is 7.40. The molecule has 1 spiro atoms. The quantitative estimate of drug-likeness (QED) is 0.874. The summed E-state index contributed by atoms with van der Waals surface area (Å²) in [5, 5.41) is 3.01. The van der Waals surface area contributed by atoms with Crippen molar-refractivity contribution in [3.63, 3.8) is 0 Å². The third-order valence-electron chi connectivity index (χ3n) is 5.72. The van der Waals surface area contributed by atoms with E-state index in [0.717, 1.165) is 45.3 Å². The molecule has 3 aliphatic heterocycles. The average molecular weight is 357 g/mol. The van der Waals surface area contributed by atoms with E-state index in [1.54, 1.807) is 6.07 Å². The van der Waals surface area contributed by atoms with Crippen molar-refractivity contribution in [3.8, 4) is 5.75 Å². The van der Waals surface area contributed by atoms with Crippen molar-refractivity contribution in [1.82, 2.24) is 15.1 Å². The summed E-state index contributed by atoms with van der Waals surface area (Å²) in [6.45, 7) is 4.27. The lowest BCUT2D eigenvalue weighted by Crippen LogP contribution is -2.58. The number of para-hydroxylation sites is 1. The Morgan fingerprint density at radius 1 is 1.12 bits per heavy atom. The molecule has 2 amide bonds. The van der Waals surface area contributed by atoms with Gasteiger partial charge in [-0.2, -0.15) is 0 Å². The fourth-order valence-electron chi connectivity index (χ4n) is 4.34. The van der Waals surface area contributed by atoms with Gasteiger partial charge >= 0.3 is 0 Å². The van der Waals surface area contributed by atoms with Crippen LogP contribution in [0.1, 0.15) is 42.5 Å².